The Balaban J connectivity index is 4.63. The molecule has 0 saturated heterocycles. The number of benzene rings is 1. The Morgan fingerprint density at radius 3 is 0.426 bits per heavy atom. The van der Waals surface area contributed by atoms with Crippen molar-refractivity contribution in [2.75, 3.05) is 0 Å². The van der Waals surface area contributed by atoms with E-state index in [1.807, 2.05) is 0 Å². The van der Waals surface area contributed by atoms with Crippen molar-refractivity contribution in [1.82, 2.24) is 0 Å². The Bertz CT molecular complexity index is 1330. The molecule has 1 rings (SSSR count). The van der Waals surface area contributed by atoms with Crippen molar-refractivity contribution in [2.24, 2.45) is 0 Å². The molecular formula is C21H3F33. The van der Waals surface area contributed by atoms with E-state index in [0.717, 1.165) is 0 Å². The zero-order valence-electron chi connectivity index (χ0n) is 23.2. The molecule has 0 aromatic heterocycles. The maximum atomic E-state index is 14.6. The summed E-state index contributed by atoms with van der Waals surface area (Å²) in [6.07, 6.45) is -24.5. The average Bonchev–Trinajstić information content (AvgIpc) is 2.94. The van der Waals surface area contributed by atoms with Gasteiger partial charge in [-0.1, -0.05) is 0 Å². The molecule has 0 atom stereocenters. The van der Waals surface area contributed by atoms with E-state index in [9.17, 15) is 145 Å². The molecule has 0 spiro atoms. The van der Waals surface area contributed by atoms with Gasteiger partial charge in [0.05, 0.1) is 0 Å². The predicted molar refractivity (Wildman–Crippen MR) is 101 cm³/mol. The second kappa shape index (κ2) is 12.2. The summed E-state index contributed by atoms with van der Waals surface area (Å²) in [5.74, 6) is -104. The molecule has 0 saturated carbocycles. The lowest BCUT2D eigenvalue weighted by molar-refractivity contribution is -0.426. The standard InChI is InChI=1S/C21H3F33/c22-7(23,10(28,29)13(34,35)16(40,41)19(46,47)48)4-1-5(8(24,25)11(30,31)14(36,37)17(42,43)20(49,50)51)3-6(2-4)9(26,27)12(32,33)15(38,39)18(44,45)21(52,53)54/h1-3H. The van der Waals surface area contributed by atoms with Crippen LogP contribution >= 0.6 is 0 Å². The molecule has 0 amide bonds. The summed E-state index contributed by atoms with van der Waals surface area (Å²) in [5, 5.41) is 0. The molecular weight excluding hydrogens is 879 g/mol. The summed E-state index contributed by atoms with van der Waals surface area (Å²) < 4.78 is 445. The van der Waals surface area contributed by atoms with Crippen molar-refractivity contribution in [3.8, 4) is 0 Å². The second-order valence-corrected chi connectivity index (χ2v) is 10.2. The topological polar surface area (TPSA) is 0 Å². The van der Waals surface area contributed by atoms with Crippen LogP contribution in [0.5, 0.6) is 0 Å². The van der Waals surface area contributed by atoms with Gasteiger partial charge in [0.15, 0.2) is 0 Å². The monoisotopic (exact) mass is 882 g/mol. The maximum Gasteiger partial charge on any atom is 0.460 e. The predicted octanol–water partition coefficient (Wildman–Crippen LogP) is 12.4. The fourth-order valence-electron chi connectivity index (χ4n) is 3.43. The van der Waals surface area contributed by atoms with E-state index in [0.29, 0.717) is 0 Å². The van der Waals surface area contributed by atoms with Gasteiger partial charge in [-0.2, -0.15) is 145 Å². The van der Waals surface area contributed by atoms with Gasteiger partial charge in [-0.25, -0.2) is 0 Å². The number of hydrogen-bond acceptors (Lipinski definition) is 0. The Morgan fingerprint density at radius 2 is 0.315 bits per heavy atom. The Kier molecular flexibility index (Phi) is 11.1. The van der Waals surface area contributed by atoms with Gasteiger partial charge in [0, 0.05) is 16.7 Å². The molecule has 0 heterocycles. The first kappa shape index (κ1) is 48.9. The Morgan fingerprint density at radius 1 is 0.185 bits per heavy atom. The van der Waals surface area contributed by atoms with Crippen LogP contribution in [0.4, 0.5) is 145 Å². The minimum Gasteiger partial charge on any atom is -0.194 e. The van der Waals surface area contributed by atoms with Gasteiger partial charge in [0.1, 0.15) is 0 Å². The molecule has 0 radical (unpaired) electrons. The normalized spacial score (nSPS) is 16.6. The van der Waals surface area contributed by atoms with Crippen LogP contribution in [-0.4, -0.2) is 71.8 Å². The van der Waals surface area contributed by atoms with Gasteiger partial charge in [0.25, 0.3) is 0 Å². The van der Waals surface area contributed by atoms with Crippen LogP contribution in [0, 0.1) is 0 Å². The van der Waals surface area contributed by atoms with Gasteiger partial charge < -0.3 is 0 Å². The number of alkyl halides is 33. The van der Waals surface area contributed by atoms with Crippen molar-refractivity contribution in [2.45, 2.75) is 89.6 Å². The van der Waals surface area contributed by atoms with Crippen LogP contribution in [0.2, 0.25) is 0 Å². The second-order valence-electron chi connectivity index (χ2n) is 10.2. The minimum absolute atomic E-state index is 2.61. The van der Waals surface area contributed by atoms with Crippen molar-refractivity contribution >= 4 is 0 Å². The fourth-order valence-corrected chi connectivity index (χ4v) is 3.43. The summed E-state index contributed by atoms with van der Waals surface area (Å²) in [7, 11) is 0. The molecule has 1 aromatic carbocycles. The van der Waals surface area contributed by atoms with E-state index in [2.05, 4.69) is 0 Å². The summed E-state index contributed by atoms with van der Waals surface area (Å²) in [4.78, 5) is 0. The molecule has 0 aliphatic carbocycles. The highest BCUT2D eigenvalue weighted by molar-refractivity contribution is 5.41. The van der Waals surface area contributed by atoms with Crippen LogP contribution < -0.4 is 0 Å². The van der Waals surface area contributed by atoms with Crippen molar-refractivity contribution < 1.29 is 145 Å². The third-order valence-corrected chi connectivity index (χ3v) is 6.64. The Hall–Kier alpha value is -3.09. The van der Waals surface area contributed by atoms with Gasteiger partial charge in [-0.05, 0) is 18.2 Å². The molecule has 0 fully saturated rings. The molecule has 33 heteroatoms. The van der Waals surface area contributed by atoms with Crippen molar-refractivity contribution in [3.05, 3.63) is 34.9 Å². The molecule has 0 aliphatic rings. The summed E-state index contributed by atoms with van der Waals surface area (Å²) >= 11 is 0. The minimum atomic E-state index is -8.89. The van der Waals surface area contributed by atoms with E-state index in [1.54, 1.807) is 0 Å². The fraction of sp³-hybridized carbons (Fsp3) is 0.714. The highest BCUT2D eigenvalue weighted by Gasteiger charge is 2.90. The van der Waals surface area contributed by atoms with E-state index >= 15 is 0 Å². The maximum absolute atomic E-state index is 14.6. The molecule has 0 N–H and O–H groups in total. The highest BCUT2D eigenvalue weighted by Crippen LogP contribution is 2.65. The molecule has 0 aliphatic heterocycles. The highest BCUT2D eigenvalue weighted by atomic mass is 19.5. The Labute approximate surface area is 270 Å². The largest absolute Gasteiger partial charge is 0.460 e. The van der Waals surface area contributed by atoms with Crippen molar-refractivity contribution in [3.63, 3.8) is 0 Å². The van der Waals surface area contributed by atoms with Gasteiger partial charge in [0.2, 0.25) is 0 Å². The zero-order chi connectivity index (χ0) is 44.4. The summed E-state index contributed by atoms with van der Waals surface area (Å²) in [5.41, 5.74) is -14.2. The van der Waals surface area contributed by atoms with Crippen LogP contribution in [0.1, 0.15) is 16.7 Å². The lowest BCUT2D eigenvalue weighted by Crippen LogP contribution is -2.66. The first-order chi connectivity index (χ1) is 22.8. The van der Waals surface area contributed by atoms with Crippen molar-refractivity contribution in [1.29, 1.82) is 0 Å². The smallest absolute Gasteiger partial charge is 0.194 e. The average molecular weight is 882 g/mol. The first-order valence-corrected chi connectivity index (χ1v) is 11.7. The van der Waals surface area contributed by atoms with E-state index in [4.69, 9.17) is 0 Å². The van der Waals surface area contributed by atoms with E-state index < -0.39 is 124 Å². The molecule has 318 valence electrons. The SMILES string of the molecule is FC(F)(F)C(F)(F)C(F)(F)C(F)(F)C(F)(F)c1cc(C(F)(F)C(F)(F)C(F)(F)C(F)(F)C(F)(F)F)cc(C(F)(F)C(F)(F)C(F)(F)C(F)(F)C(F)(F)F)c1. The summed E-state index contributed by atoms with van der Waals surface area (Å²) in [6.45, 7) is 0. The number of rotatable bonds is 12. The first-order valence-electron chi connectivity index (χ1n) is 11.7. The lowest BCUT2D eigenvalue weighted by Gasteiger charge is -2.40. The molecule has 54 heavy (non-hydrogen) atoms. The van der Waals surface area contributed by atoms with E-state index in [1.165, 1.54) is 0 Å². The summed E-state index contributed by atoms with van der Waals surface area (Å²) in [6, 6.07) is -7.82. The van der Waals surface area contributed by atoms with E-state index in [-0.39, 0.29) is 0 Å². The zero-order valence-corrected chi connectivity index (χ0v) is 23.2. The molecule has 0 bridgehead atoms. The molecule has 1 aromatic rings. The van der Waals surface area contributed by atoms with Crippen LogP contribution in [0.15, 0.2) is 18.2 Å². The quantitative estimate of drug-likeness (QED) is 0.184. The molecule has 0 unspecified atom stereocenters. The van der Waals surface area contributed by atoms with Gasteiger partial charge in [-0.15, -0.1) is 0 Å². The molecule has 0 nitrogen and oxygen atoms in total. The van der Waals surface area contributed by atoms with Gasteiger partial charge in [-0.3, -0.25) is 0 Å². The van der Waals surface area contributed by atoms with Crippen LogP contribution in [-0.2, 0) is 17.8 Å². The third-order valence-electron chi connectivity index (χ3n) is 6.64. The number of halogens is 33. The van der Waals surface area contributed by atoms with Crippen LogP contribution in [0.25, 0.3) is 0 Å². The van der Waals surface area contributed by atoms with Crippen LogP contribution in [0.3, 0.4) is 0 Å². The van der Waals surface area contributed by atoms with Gasteiger partial charge >= 0.3 is 89.6 Å². The number of hydrogen-bond donors (Lipinski definition) is 0. The third kappa shape index (κ3) is 6.17. The lowest BCUT2D eigenvalue weighted by atomic mass is 9.85.